The third kappa shape index (κ3) is 3.54. The number of carbonyl (C=O) groups is 2. The molecule has 0 radical (unpaired) electrons. The Labute approximate surface area is 166 Å². The fourth-order valence-corrected chi connectivity index (χ4v) is 3.20. The Bertz CT molecular complexity index is 1300. The quantitative estimate of drug-likeness (QED) is 0.521. The maximum Gasteiger partial charge on any atom is 0.375 e. The third-order valence-electron chi connectivity index (χ3n) is 4.62. The van der Waals surface area contributed by atoms with Gasteiger partial charge in [-0.3, -0.25) is 4.79 Å². The maximum absolute atomic E-state index is 12.5. The number of rotatable bonds is 4. The molecule has 0 saturated carbocycles. The molecule has 0 saturated heterocycles. The van der Waals surface area contributed by atoms with Crippen LogP contribution in [-0.2, 0) is 9.53 Å². The molecule has 3 aromatic carbocycles. The molecule has 0 fully saturated rings. The number of nitriles is 1. The Morgan fingerprint density at radius 3 is 2.72 bits per heavy atom. The van der Waals surface area contributed by atoms with Gasteiger partial charge in [-0.25, -0.2) is 4.79 Å². The molecule has 1 heterocycles. The van der Waals surface area contributed by atoms with Crippen LogP contribution in [0.25, 0.3) is 21.7 Å². The number of furan rings is 1. The summed E-state index contributed by atoms with van der Waals surface area (Å²) < 4.78 is 10.9. The van der Waals surface area contributed by atoms with Crippen LogP contribution in [0.4, 0.5) is 5.69 Å². The molecule has 0 atom stereocenters. The molecule has 0 aliphatic carbocycles. The molecule has 0 aliphatic heterocycles. The molecule has 0 aliphatic rings. The van der Waals surface area contributed by atoms with Crippen LogP contribution in [0, 0.1) is 18.3 Å². The number of aryl methyl sites for hydroxylation is 1. The third-order valence-corrected chi connectivity index (χ3v) is 4.62. The minimum absolute atomic E-state index is 0.0793. The Morgan fingerprint density at radius 1 is 1.07 bits per heavy atom. The summed E-state index contributed by atoms with van der Waals surface area (Å²) in [6.45, 7) is 1.32. The predicted octanol–water partition coefficient (Wildman–Crippen LogP) is 4.56. The SMILES string of the molecule is Cc1c(C(=O)OCC(=O)Nc2cccc(C#N)c2)oc2c1ccc1ccccc12. The Hall–Kier alpha value is -4.11. The minimum atomic E-state index is -0.705. The van der Waals surface area contributed by atoms with Crippen LogP contribution in [0.3, 0.4) is 0 Å². The van der Waals surface area contributed by atoms with Crippen LogP contribution in [0.2, 0.25) is 0 Å². The second-order valence-corrected chi connectivity index (χ2v) is 6.54. The smallest absolute Gasteiger partial charge is 0.375 e. The molecular weight excluding hydrogens is 368 g/mol. The molecule has 1 amide bonds. The van der Waals surface area contributed by atoms with Gasteiger partial charge >= 0.3 is 5.97 Å². The number of fused-ring (bicyclic) bond motifs is 3. The van der Waals surface area contributed by atoms with Crippen molar-refractivity contribution in [3.63, 3.8) is 0 Å². The summed E-state index contributed by atoms with van der Waals surface area (Å²) >= 11 is 0. The zero-order valence-electron chi connectivity index (χ0n) is 15.6. The largest absolute Gasteiger partial charge is 0.450 e. The van der Waals surface area contributed by atoms with Crippen LogP contribution < -0.4 is 5.32 Å². The zero-order chi connectivity index (χ0) is 20.4. The fourth-order valence-electron chi connectivity index (χ4n) is 3.20. The fraction of sp³-hybridized carbons (Fsp3) is 0.0870. The lowest BCUT2D eigenvalue weighted by Gasteiger charge is -2.06. The van der Waals surface area contributed by atoms with Crippen LogP contribution >= 0.6 is 0 Å². The van der Waals surface area contributed by atoms with E-state index in [-0.39, 0.29) is 5.76 Å². The number of hydrogen-bond donors (Lipinski definition) is 1. The Kier molecular flexibility index (Phi) is 4.71. The summed E-state index contributed by atoms with van der Waals surface area (Å²) in [4.78, 5) is 24.6. The van der Waals surface area contributed by atoms with Gasteiger partial charge in [-0.15, -0.1) is 0 Å². The van der Waals surface area contributed by atoms with Crippen LogP contribution in [0.1, 0.15) is 21.7 Å². The average molecular weight is 384 g/mol. The van der Waals surface area contributed by atoms with Crippen LogP contribution in [0.15, 0.2) is 65.1 Å². The maximum atomic E-state index is 12.5. The Morgan fingerprint density at radius 2 is 1.90 bits per heavy atom. The molecule has 142 valence electrons. The lowest BCUT2D eigenvalue weighted by atomic mass is 10.1. The summed E-state index contributed by atoms with van der Waals surface area (Å²) in [6, 6.07) is 20.1. The van der Waals surface area contributed by atoms with Gasteiger partial charge in [-0.1, -0.05) is 42.5 Å². The highest BCUT2D eigenvalue weighted by atomic mass is 16.5. The second-order valence-electron chi connectivity index (χ2n) is 6.54. The van der Waals surface area contributed by atoms with Gasteiger partial charge in [-0.05, 0) is 30.5 Å². The van der Waals surface area contributed by atoms with Crippen molar-refractivity contribution < 1.29 is 18.7 Å². The van der Waals surface area contributed by atoms with E-state index in [1.54, 1.807) is 25.1 Å². The first-order chi connectivity index (χ1) is 14.1. The van der Waals surface area contributed by atoms with E-state index in [9.17, 15) is 9.59 Å². The van der Waals surface area contributed by atoms with Crippen molar-refractivity contribution in [1.29, 1.82) is 5.26 Å². The highest BCUT2D eigenvalue weighted by molar-refractivity contribution is 6.08. The van der Waals surface area contributed by atoms with Crippen LogP contribution in [-0.4, -0.2) is 18.5 Å². The molecule has 1 N–H and O–H groups in total. The lowest BCUT2D eigenvalue weighted by Crippen LogP contribution is -2.21. The summed E-state index contributed by atoms with van der Waals surface area (Å²) in [5.41, 5.74) is 2.16. The number of carbonyl (C=O) groups excluding carboxylic acids is 2. The predicted molar refractivity (Wildman–Crippen MR) is 109 cm³/mol. The second kappa shape index (κ2) is 7.49. The highest BCUT2D eigenvalue weighted by Gasteiger charge is 2.21. The molecule has 0 spiro atoms. The topological polar surface area (TPSA) is 92.3 Å². The normalized spacial score (nSPS) is 10.6. The molecule has 6 nitrogen and oxygen atoms in total. The average Bonchev–Trinajstić information content (AvgIpc) is 3.09. The highest BCUT2D eigenvalue weighted by Crippen LogP contribution is 2.32. The van der Waals surface area contributed by atoms with Gasteiger partial charge in [-0.2, -0.15) is 5.26 Å². The van der Waals surface area contributed by atoms with Gasteiger partial charge in [0.2, 0.25) is 5.76 Å². The molecule has 4 rings (SSSR count). The van der Waals surface area contributed by atoms with Crippen molar-refractivity contribution in [1.82, 2.24) is 0 Å². The van der Waals surface area contributed by atoms with Crippen molar-refractivity contribution in [2.75, 3.05) is 11.9 Å². The van der Waals surface area contributed by atoms with E-state index in [1.807, 2.05) is 42.5 Å². The van der Waals surface area contributed by atoms with Gasteiger partial charge in [0.05, 0.1) is 11.6 Å². The van der Waals surface area contributed by atoms with E-state index in [1.165, 1.54) is 6.07 Å². The monoisotopic (exact) mass is 384 g/mol. The summed E-state index contributed by atoms with van der Waals surface area (Å²) in [5, 5.41) is 14.2. The van der Waals surface area contributed by atoms with E-state index in [4.69, 9.17) is 14.4 Å². The molecule has 0 bridgehead atoms. The molecule has 4 aromatic rings. The first-order valence-electron chi connectivity index (χ1n) is 8.95. The van der Waals surface area contributed by atoms with Gasteiger partial charge in [0.25, 0.3) is 5.91 Å². The standard InChI is InChI=1S/C23H16N2O4/c1-14-18-10-9-16-6-2-3-8-19(16)22(18)29-21(14)23(27)28-13-20(26)25-17-7-4-5-15(11-17)12-24/h2-11H,13H2,1H3,(H,25,26). The minimum Gasteiger partial charge on any atom is -0.450 e. The lowest BCUT2D eigenvalue weighted by molar-refractivity contribution is -0.119. The van der Waals surface area contributed by atoms with Crippen molar-refractivity contribution >= 4 is 39.3 Å². The van der Waals surface area contributed by atoms with E-state index < -0.39 is 18.5 Å². The number of anilines is 1. The number of amides is 1. The van der Waals surface area contributed by atoms with Gasteiger partial charge < -0.3 is 14.5 Å². The number of esters is 1. The molecule has 1 aromatic heterocycles. The summed E-state index contributed by atoms with van der Waals surface area (Å²) in [7, 11) is 0. The number of hydrogen-bond acceptors (Lipinski definition) is 5. The van der Waals surface area contributed by atoms with Crippen LogP contribution in [0.5, 0.6) is 0 Å². The van der Waals surface area contributed by atoms with Gasteiger partial charge in [0.1, 0.15) is 5.58 Å². The molecule has 29 heavy (non-hydrogen) atoms. The van der Waals surface area contributed by atoms with Crippen molar-refractivity contribution in [2.45, 2.75) is 6.92 Å². The first kappa shape index (κ1) is 18.3. The first-order valence-corrected chi connectivity index (χ1v) is 8.95. The van der Waals surface area contributed by atoms with Crippen molar-refractivity contribution in [2.24, 2.45) is 0 Å². The van der Waals surface area contributed by atoms with E-state index in [0.29, 0.717) is 22.4 Å². The summed E-state index contributed by atoms with van der Waals surface area (Å²) in [5.74, 6) is -1.13. The number of nitrogens with zero attached hydrogens (tertiary/aromatic N) is 1. The van der Waals surface area contributed by atoms with E-state index >= 15 is 0 Å². The van der Waals surface area contributed by atoms with E-state index in [0.717, 1.165) is 16.2 Å². The van der Waals surface area contributed by atoms with E-state index in [2.05, 4.69) is 5.32 Å². The Balaban J connectivity index is 1.50. The summed E-state index contributed by atoms with van der Waals surface area (Å²) in [6.07, 6.45) is 0. The van der Waals surface area contributed by atoms with Gasteiger partial charge in [0, 0.05) is 22.0 Å². The molecular formula is C23H16N2O4. The van der Waals surface area contributed by atoms with Gasteiger partial charge in [0.15, 0.2) is 6.61 Å². The van der Waals surface area contributed by atoms with Crippen molar-refractivity contribution in [3.05, 3.63) is 77.6 Å². The van der Waals surface area contributed by atoms with Crippen molar-refractivity contribution in [3.8, 4) is 6.07 Å². The number of benzene rings is 3. The zero-order valence-corrected chi connectivity index (χ0v) is 15.6. The number of ether oxygens (including phenoxy) is 1. The molecule has 0 unspecified atom stereocenters. The number of nitrogens with one attached hydrogen (secondary N) is 1. The molecule has 6 heteroatoms.